The standard InChI is InChI=1S/C15H22N2O3/c1-3-17-7-6-11(10-17)9-16-14-8-12(20-2)4-5-13(14)15(18)19/h4-5,8,11,16H,3,6-7,9-10H2,1-2H3,(H,18,19). The molecule has 0 saturated carbocycles. The summed E-state index contributed by atoms with van der Waals surface area (Å²) in [6.07, 6.45) is 1.16. The van der Waals surface area contributed by atoms with Crippen molar-refractivity contribution in [2.24, 2.45) is 5.92 Å². The number of carbonyl (C=O) groups is 1. The summed E-state index contributed by atoms with van der Waals surface area (Å²) in [5, 5.41) is 12.5. The van der Waals surface area contributed by atoms with E-state index < -0.39 is 5.97 Å². The van der Waals surface area contributed by atoms with Crippen LogP contribution in [0.5, 0.6) is 5.75 Å². The van der Waals surface area contributed by atoms with Gasteiger partial charge in [0.1, 0.15) is 5.75 Å². The fraction of sp³-hybridized carbons (Fsp3) is 0.533. The number of methoxy groups -OCH3 is 1. The first kappa shape index (κ1) is 14.7. The minimum Gasteiger partial charge on any atom is -0.497 e. The second-order valence-corrected chi connectivity index (χ2v) is 5.15. The number of ether oxygens (including phenoxy) is 1. The molecular formula is C15H22N2O3. The van der Waals surface area contributed by atoms with Gasteiger partial charge in [0.05, 0.1) is 18.4 Å². The fourth-order valence-corrected chi connectivity index (χ4v) is 2.60. The molecule has 1 aromatic rings. The summed E-state index contributed by atoms with van der Waals surface area (Å²) in [4.78, 5) is 13.6. The van der Waals surface area contributed by atoms with E-state index >= 15 is 0 Å². The van der Waals surface area contributed by atoms with E-state index in [1.54, 1.807) is 25.3 Å². The van der Waals surface area contributed by atoms with E-state index in [9.17, 15) is 9.90 Å². The summed E-state index contributed by atoms with van der Waals surface area (Å²) in [6, 6.07) is 5.00. The van der Waals surface area contributed by atoms with Crippen LogP contribution in [0.3, 0.4) is 0 Å². The molecule has 0 spiro atoms. The monoisotopic (exact) mass is 278 g/mol. The number of carboxylic acid groups (broad SMARTS) is 1. The Kier molecular flexibility index (Phi) is 4.84. The van der Waals surface area contributed by atoms with Crippen molar-refractivity contribution in [3.05, 3.63) is 23.8 Å². The summed E-state index contributed by atoms with van der Waals surface area (Å²) in [5.41, 5.74) is 0.919. The SMILES string of the molecule is CCN1CCC(CNc2cc(OC)ccc2C(=O)O)C1. The Hall–Kier alpha value is -1.75. The van der Waals surface area contributed by atoms with Crippen molar-refractivity contribution in [1.29, 1.82) is 0 Å². The van der Waals surface area contributed by atoms with Crippen molar-refractivity contribution >= 4 is 11.7 Å². The Bertz CT molecular complexity index is 476. The first-order chi connectivity index (χ1) is 9.63. The zero-order chi connectivity index (χ0) is 14.5. The van der Waals surface area contributed by atoms with Gasteiger partial charge in [-0.25, -0.2) is 4.79 Å². The lowest BCUT2D eigenvalue weighted by Crippen LogP contribution is -2.22. The van der Waals surface area contributed by atoms with Crippen LogP contribution >= 0.6 is 0 Å². The Balaban J connectivity index is 2.02. The van der Waals surface area contributed by atoms with Gasteiger partial charge in [-0.3, -0.25) is 0 Å². The maximum atomic E-state index is 11.2. The predicted octanol–water partition coefficient (Wildman–Crippen LogP) is 2.15. The third-order valence-electron chi connectivity index (χ3n) is 3.86. The maximum absolute atomic E-state index is 11.2. The highest BCUT2D eigenvalue weighted by molar-refractivity contribution is 5.94. The van der Waals surface area contributed by atoms with Gasteiger partial charge in [-0.15, -0.1) is 0 Å². The van der Waals surface area contributed by atoms with Gasteiger partial charge in [-0.2, -0.15) is 0 Å². The van der Waals surface area contributed by atoms with E-state index in [1.807, 2.05) is 0 Å². The van der Waals surface area contributed by atoms with Crippen LogP contribution in [0.25, 0.3) is 0 Å². The van der Waals surface area contributed by atoms with E-state index in [-0.39, 0.29) is 5.56 Å². The van der Waals surface area contributed by atoms with Crippen LogP contribution in [-0.2, 0) is 0 Å². The van der Waals surface area contributed by atoms with Crippen molar-refractivity contribution in [2.75, 3.05) is 38.6 Å². The highest BCUT2D eigenvalue weighted by Crippen LogP contribution is 2.24. The number of likely N-dealkylation sites (tertiary alicyclic amines) is 1. The van der Waals surface area contributed by atoms with Gasteiger partial charge in [0.2, 0.25) is 0 Å². The third-order valence-corrected chi connectivity index (χ3v) is 3.86. The number of anilines is 1. The van der Waals surface area contributed by atoms with Crippen LogP contribution in [0.2, 0.25) is 0 Å². The van der Waals surface area contributed by atoms with Gasteiger partial charge in [-0.1, -0.05) is 6.92 Å². The largest absolute Gasteiger partial charge is 0.497 e. The molecule has 0 radical (unpaired) electrons. The molecule has 1 atom stereocenters. The molecule has 2 rings (SSSR count). The summed E-state index contributed by atoms with van der Waals surface area (Å²) >= 11 is 0. The molecule has 20 heavy (non-hydrogen) atoms. The summed E-state index contributed by atoms with van der Waals surface area (Å²) < 4.78 is 5.15. The van der Waals surface area contributed by atoms with Crippen LogP contribution in [0.1, 0.15) is 23.7 Å². The number of carboxylic acids is 1. The number of nitrogens with one attached hydrogen (secondary N) is 1. The van der Waals surface area contributed by atoms with E-state index in [0.717, 1.165) is 32.6 Å². The lowest BCUT2D eigenvalue weighted by molar-refractivity contribution is 0.0698. The van der Waals surface area contributed by atoms with Crippen LogP contribution in [0, 0.1) is 5.92 Å². The van der Waals surface area contributed by atoms with E-state index in [0.29, 0.717) is 17.4 Å². The third kappa shape index (κ3) is 3.42. The van der Waals surface area contributed by atoms with Crippen LogP contribution < -0.4 is 10.1 Å². The lowest BCUT2D eigenvalue weighted by Gasteiger charge is -2.16. The molecule has 5 heteroatoms. The average Bonchev–Trinajstić information content (AvgIpc) is 2.92. The van der Waals surface area contributed by atoms with Crippen molar-refractivity contribution in [1.82, 2.24) is 4.90 Å². The van der Waals surface area contributed by atoms with E-state index in [1.165, 1.54) is 0 Å². The van der Waals surface area contributed by atoms with Crippen molar-refractivity contribution in [3.63, 3.8) is 0 Å². The molecule has 1 fully saturated rings. The summed E-state index contributed by atoms with van der Waals surface area (Å²) in [5.74, 6) is 0.318. The Morgan fingerprint density at radius 1 is 1.55 bits per heavy atom. The zero-order valence-corrected chi connectivity index (χ0v) is 12.1. The van der Waals surface area contributed by atoms with E-state index in [2.05, 4.69) is 17.1 Å². The number of hydrogen-bond donors (Lipinski definition) is 2. The van der Waals surface area contributed by atoms with Crippen molar-refractivity contribution < 1.29 is 14.6 Å². The van der Waals surface area contributed by atoms with Gasteiger partial charge in [0.25, 0.3) is 0 Å². The van der Waals surface area contributed by atoms with Gasteiger partial charge in [0.15, 0.2) is 0 Å². The lowest BCUT2D eigenvalue weighted by atomic mass is 10.1. The van der Waals surface area contributed by atoms with Crippen molar-refractivity contribution in [2.45, 2.75) is 13.3 Å². The molecule has 0 aromatic heterocycles. The predicted molar refractivity (Wildman–Crippen MR) is 78.7 cm³/mol. The molecule has 1 aromatic carbocycles. The molecule has 110 valence electrons. The second-order valence-electron chi connectivity index (χ2n) is 5.15. The number of aromatic carboxylic acids is 1. The zero-order valence-electron chi connectivity index (χ0n) is 12.1. The molecule has 1 saturated heterocycles. The quantitative estimate of drug-likeness (QED) is 0.835. The summed E-state index contributed by atoms with van der Waals surface area (Å²) in [7, 11) is 1.58. The van der Waals surface area contributed by atoms with Crippen molar-refractivity contribution in [3.8, 4) is 5.75 Å². The molecule has 0 aliphatic carbocycles. The first-order valence-electron chi connectivity index (χ1n) is 7.01. The first-order valence-corrected chi connectivity index (χ1v) is 7.01. The maximum Gasteiger partial charge on any atom is 0.337 e. The Labute approximate surface area is 119 Å². The Morgan fingerprint density at radius 3 is 2.95 bits per heavy atom. The molecule has 1 aliphatic heterocycles. The molecule has 2 N–H and O–H groups in total. The highest BCUT2D eigenvalue weighted by atomic mass is 16.5. The second kappa shape index (κ2) is 6.61. The number of nitrogens with zero attached hydrogens (tertiary/aromatic N) is 1. The van der Waals surface area contributed by atoms with Crippen LogP contribution in [0.4, 0.5) is 5.69 Å². The molecule has 0 bridgehead atoms. The number of rotatable bonds is 6. The molecule has 0 amide bonds. The molecule has 1 unspecified atom stereocenters. The van der Waals surface area contributed by atoms with Gasteiger partial charge < -0.3 is 20.1 Å². The minimum absolute atomic E-state index is 0.288. The van der Waals surface area contributed by atoms with Gasteiger partial charge >= 0.3 is 5.97 Å². The fourth-order valence-electron chi connectivity index (χ4n) is 2.60. The molecule has 1 aliphatic rings. The average molecular weight is 278 g/mol. The molecule has 1 heterocycles. The highest BCUT2D eigenvalue weighted by Gasteiger charge is 2.21. The molecule has 5 nitrogen and oxygen atoms in total. The number of hydrogen-bond acceptors (Lipinski definition) is 4. The molecular weight excluding hydrogens is 256 g/mol. The van der Waals surface area contributed by atoms with E-state index in [4.69, 9.17) is 4.74 Å². The van der Waals surface area contributed by atoms with Crippen LogP contribution in [-0.4, -0.2) is 49.3 Å². The minimum atomic E-state index is -0.920. The summed E-state index contributed by atoms with van der Waals surface area (Å²) in [6.45, 7) is 6.25. The van der Waals surface area contributed by atoms with Gasteiger partial charge in [-0.05, 0) is 37.6 Å². The topological polar surface area (TPSA) is 61.8 Å². The smallest absolute Gasteiger partial charge is 0.337 e. The Morgan fingerprint density at radius 2 is 2.35 bits per heavy atom. The van der Waals surface area contributed by atoms with Gasteiger partial charge in [0, 0.05) is 19.2 Å². The number of benzene rings is 1. The normalized spacial score (nSPS) is 19.0. The van der Waals surface area contributed by atoms with Crippen LogP contribution in [0.15, 0.2) is 18.2 Å².